The normalized spacial score (nSPS) is 12.4. The van der Waals surface area contributed by atoms with Crippen molar-refractivity contribution in [3.8, 4) is 0 Å². The van der Waals surface area contributed by atoms with Crippen molar-refractivity contribution in [2.45, 2.75) is 4.95 Å². The second-order valence-electron chi connectivity index (χ2n) is 2.24. The molecular weight excluding hydrogens is 222 g/mol. The second-order valence-corrected chi connectivity index (χ2v) is 3.17. The number of nitrogens with zero attached hydrogens (tertiary/aromatic N) is 1. The van der Waals surface area contributed by atoms with Crippen LogP contribution in [0.2, 0.25) is 0 Å². The molecule has 0 saturated carbocycles. The summed E-state index contributed by atoms with van der Waals surface area (Å²) >= 11 is 2.92. The number of hydrogen-bond acceptors (Lipinski definition) is 2. The van der Waals surface area contributed by atoms with Crippen molar-refractivity contribution in [1.82, 2.24) is 0 Å². The molecule has 1 aromatic carbocycles. The Hall–Kier alpha value is -0.900. The Labute approximate surface area is 78.7 Å². The molecule has 0 aliphatic rings. The van der Waals surface area contributed by atoms with E-state index in [9.17, 15) is 10.1 Å². The standard InChI is InChI=1S/C8H7BrNO2/c9-8(10(11)12)6-7-4-2-1-3-5-7/h1-6,8H. The van der Waals surface area contributed by atoms with Crippen LogP contribution in [0.4, 0.5) is 0 Å². The second kappa shape index (κ2) is 4.21. The third-order valence-corrected chi connectivity index (χ3v) is 1.93. The highest BCUT2D eigenvalue weighted by atomic mass is 79.9. The summed E-state index contributed by atoms with van der Waals surface area (Å²) in [7, 11) is 0. The lowest BCUT2D eigenvalue weighted by Crippen LogP contribution is -2.11. The van der Waals surface area contributed by atoms with Gasteiger partial charge in [-0.15, -0.1) is 0 Å². The van der Waals surface area contributed by atoms with Crippen LogP contribution < -0.4 is 0 Å². The largest absolute Gasteiger partial charge is 0.273 e. The summed E-state index contributed by atoms with van der Waals surface area (Å²) in [6.07, 6.45) is 1.54. The van der Waals surface area contributed by atoms with E-state index in [1.807, 2.05) is 30.3 Å². The van der Waals surface area contributed by atoms with Gasteiger partial charge in [-0.1, -0.05) is 30.3 Å². The first-order valence-electron chi connectivity index (χ1n) is 3.37. The first-order chi connectivity index (χ1) is 5.70. The van der Waals surface area contributed by atoms with Gasteiger partial charge in [0, 0.05) is 4.92 Å². The molecular formula is C8H7BrNO2. The van der Waals surface area contributed by atoms with Crippen molar-refractivity contribution in [3.63, 3.8) is 0 Å². The Bertz CT molecular complexity index is 263. The van der Waals surface area contributed by atoms with E-state index >= 15 is 0 Å². The third kappa shape index (κ3) is 2.62. The van der Waals surface area contributed by atoms with Crippen LogP contribution in [0.25, 0.3) is 0 Å². The number of nitro groups is 1. The number of benzene rings is 1. The average molecular weight is 229 g/mol. The SMILES string of the molecule is O=[N+]([O-])C(Br)[CH]c1ccccc1. The molecule has 0 aliphatic carbocycles. The number of alkyl halides is 1. The Kier molecular flexibility index (Phi) is 3.22. The van der Waals surface area contributed by atoms with E-state index in [1.165, 1.54) is 0 Å². The predicted molar refractivity (Wildman–Crippen MR) is 49.6 cm³/mol. The highest BCUT2D eigenvalue weighted by Crippen LogP contribution is 2.11. The highest BCUT2D eigenvalue weighted by molar-refractivity contribution is 9.09. The van der Waals surface area contributed by atoms with Crippen molar-refractivity contribution in [3.05, 3.63) is 52.4 Å². The Morgan fingerprint density at radius 3 is 2.50 bits per heavy atom. The van der Waals surface area contributed by atoms with E-state index in [0.717, 1.165) is 5.56 Å². The molecule has 63 valence electrons. The van der Waals surface area contributed by atoms with Gasteiger partial charge in [0.25, 0.3) is 4.95 Å². The molecule has 0 bridgehead atoms. The highest BCUT2D eigenvalue weighted by Gasteiger charge is 2.15. The molecule has 1 unspecified atom stereocenters. The summed E-state index contributed by atoms with van der Waals surface area (Å²) in [6.45, 7) is 0. The molecule has 1 rings (SSSR count). The summed E-state index contributed by atoms with van der Waals surface area (Å²) in [5.41, 5.74) is 0.844. The zero-order valence-corrected chi connectivity index (χ0v) is 7.77. The van der Waals surface area contributed by atoms with E-state index in [4.69, 9.17) is 0 Å². The summed E-state index contributed by atoms with van der Waals surface area (Å²) in [6, 6.07) is 9.18. The summed E-state index contributed by atoms with van der Waals surface area (Å²) in [4.78, 5) is 9.03. The molecule has 0 amide bonds. The molecule has 0 heterocycles. The lowest BCUT2D eigenvalue weighted by molar-refractivity contribution is -0.483. The minimum absolute atomic E-state index is 0.396. The van der Waals surface area contributed by atoms with E-state index in [0.29, 0.717) is 0 Å². The zero-order chi connectivity index (χ0) is 8.97. The minimum Gasteiger partial charge on any atom is -0.263 e. The minimum atomic E-state index is -0.806. The molecule has 0 aliphatic heterocycles. The molecule has 12 heavy (non-hydrogen) atoms. The van der Waals surface area contributed by atoms with Gasteiger partial charge in [-0.25, -0.2) is 0 Å². The summed E-state index contributed by atoms with van der Waals surface area (Å²) in [5, 5.41) is 10.2. The average Bonchev–Trinajstić information content (AvgIpc) is 2.06. The van der Waals surface area contributed by atoms with Crippen LogP contribution in [0.5, 0.6) is 0 Å². The molecule has 4 heteroatoms. The van der Waals surface area contributed by atoms with Crippen molar-refractivity contribution in [2.24, 2.45) is 0 Å². The van der Waals surface area contributed by atoms with E-state index in [-0.39, 0.29) is 0 Å². The Morgan fingerprint density at radius 2 is 2.00 bits per heavy atom. The van der Waals surface area contributed by atoms with Crippen LogP contribution >= 0.6 is 15.9 Å². The molecule has 0 saturated heterocycles. The fourth-order valence-electron chi connectivity index (χ4n) is 0.784. The van der Waals surface area contributed by atoms with Gasteiger partial charge in [0.15, 0.2) is 0 Å². The molecule has 1 atom stereocenters. The van der Waals surface area contributed by atoms with Gasteiger partial charge in [-0.2, -0.15) is 0 Å². The maximum atomic E-state index is 10.2. The van der Waals surface area contributed by atoms with Crippen molar-refractivity contribution < 1.29 is 4.92 Å². The molecule has 0 N–H and O–H groups in total. The fourth-order valence-corrected chi connectivity index (χ4v) is 1.09. The zero-order valence-electron chi connectivity index (χ0n) is 6.18. The van der Waals surface area contributed by atoms with Gasteiger partial charge in [-0.3, -0.25) is 10.1 Å². The monoisotopic (exact) mass is 228 g/mol. The van der Waals surface area contributed by atoms with E-state index in [1.54, 1.807) is 6.42 Å². The van der Waals surface area contributed by atoms with Crippen LogP contribution in [0.15, 0.2) is 30.3 Å². The predicted octanol–water partition coefficient (Wildman–Crippen LogP) is 2.24. The van der Waals surface area contributed by atoms with Crippen LogP contribution in [-0.4, -0.2) is 9.87 Å². The van der Waals surface area contributed by atoms with Crippen LogP contribution in [-0.2, 0) is 0 Å². The Balaban J connectivity index is 2.58. The van der Waals surface area contributed by atoms with Gasteiger partial charge in [0.2, 0.25) is 0 Å². The lowest BCUT2D eigenvalue weighted by atomic mass is 10.2. The molecule has 0 spiro atoms. The molecule has 1 aromatic rings. The maximum absolute atomic E-state index is 10.2. The number of hydrogen-bond donors (Lipinski definition) is 0. The van der Waals surface area contributed by atoms with E-state index in [2.05, 4.69) is 15.9 Å². The van der Waals surface area contributed by atoms with Gasteiger partial charge >= 0.3 is 0 Å². The topological polar surface area (TPSA) is 43.1 Å². The summed E-state index contributed by atoms with van der Waals surface area (Å²) < 4.78 is 0. The first-order valence-corrected chi connectivity index (χ1v) is 4.29. The van der Waals surface area contributed by atoms with Gasteiger partial charge in [0.1, 0.15) is 0 Å². The number of rotatable bonds is 3. The maximum Gasteiger partial charge on any atom is 0.273 e. The fraction of sp³-hybridized carbons (Fsp3) is 0.125. The van der Waals surface area contributed by atoms with Crippen LogP contribution in [0.1, 0.15) is 5.56 Å². The van der Waals surface area contributed by atoms with Crippen molar-refractivity contribution in [1.29, 1.82) is 0 Å². The molecule has 3 nitrogen and oxygen atoms in total. The molecule has 0 aromatic heterocycles. The van der Waals surface area contributed by atoms with Gasteiger partial charge in [0.05, 0.1) is 6.42 Å². The van der Waals surface area contributed by atoms with Gasteiger partial charge in [-0.05, 0) is 21.5 Å². The third-order valence-electron chi connectivity index (χ3n) is 1.33. The van der Waals surface area contributed by atoms with E-state index < -0.39 is 9.87 Å². The molecule has 1 radical (unpaired) electrons. The number of halogens is 1. The van der Waals surface area contributed by atoms with Gasteiger partial charge < -0.3 is 0 Å². The first kappa shape index (κ1) is 9.19. The summed E-state index contributed by atoms with van der Waals surface area (Å²) in [5.74, 6) is 0. The molecule has 0 fully saturated rings. The quantitative estimate of drug-likeness (QED) is 0.345. The Morgan fingerprint density at radius 1 is 1.42 bits per heavy atom. The van der Waals surface area contributed by atoms with Crippen LogP contribution in [0.3, 0.4) is 0 Å². The van der Waals surface area contributed by atoms with Crippen molar-refractivity contribution in [2.75, 3.05) is 0 Å². The van der Waals surface area contributed by atoms with Crippen molar-refractivity contribution >= 4 is 15.9 Å². The smallest absolute Gasteiger partial charge is 0.263 e. The lowest BCUT2D eigenvalue weighted by Gasteiger charge is -2.00. The van der Waals surface area contributed by atoms with Crippen LogP contribution in [0, 0.1) is 16.5 Å².